The summed E-state index contributed by atoms with van der Waals surface area (Å²) in [4.78, 5) is 0. The summed E-state index contributed by atoms with van der Waals surface area (Å²) in [6.07, 6.45) is 0. The highest BCUT2D eigenvalue weighted by Gasteiger charge is 2.50. The van der Waals surface area contributed by atoms with E-state index in [2.05, 4.69) is 206 Å². The van der Waals surface area contributed by atoms with Gasteiger partial charge in [0.2, 0.25) is 0 Å². The Balaban J connectivity index is 0.00000357. The van der Waals surface area contributed by atoms with Crippen molar-refractivity contribution < 1.29 is 0 Å². The molecule has 7 aromatic carbocycles. The van der Waals surface area contributed by atoms with E-state index in [1.165, 1.54) is 42.4 Å². The third kappa shape index (κ3) is 5.51. The first-order valence-corrected chi connectivity index (χ1v) is 18.7. The van der Waals surface area contributed by atoms with E-state index in [4.69, 9.17) is 0 Å². The molecule has 45 heavy (non-hydrogen) atoms. The second-order valence-corrected chi connectivity index (χ2v) is 17.7. The molecule has 7 aromatic rings. The van der Waals surface area contributed by atoms with E-state index in [-0.39, 0.29) is 17.0 Å². The van der Waals surface area contributed by atoms with Crippen molar-refractivity contribution in [2.24, 2.45) is 0 Å². The largest absolute Gasteiger partial charge is 0.144 e. The first-order valence-electron chi connectivity index (χ1n) is 15.1. The molecule has 0 aliphatic rings. The van der Waals surface area contributed by atoms with Crippen molar-refractivity contribution in [1.29, 1.82) is 0 Å². The van der Waals surface area contributed by atoms with Gasteiger partial charge in [-0.1, -0.05) is 109 Å². The van der Waals surface area contributed by atoms with Crippen molar-refractivity contribution in [3.8, 4) is 0 Å². The average Bonchev–Trinajstić information content (AvgIpc) is 3.12. The van der Waals surface area contributed by atoms with Crippen LogP contribution in [0.5, 0.6) is 0 Å². The zero-order valence-corrected chi connectivity index (χ0v) is 28.4. The molecular weight excluding hydrogens is 646 g/mol. The maximum absolute atomic E-state index is 2.43. The van der Waals surface area contributed by atoms with Gasteiger partial charge in [-0.2, -0.15) is 0 Å². The Bertz CT molecular complexity index is 1570. The topological polar surface area (TPSA) is 0 Å². The van der Waals surface area contributed by atoms with E-state index < -0.39 is 14.5 Å². The number of halogens is 1. The van der Waals surface area contributed by atoms with Crippen molar-refractivity contribution in [2.75, 3.05) is 0 Å². The molecule has 3 heteroatoms. The van der Waals surface area contributed by atoms with Crippen LogP contribution in [0, 0.1) is 0 Å². The minimum Gasteiger partial charge on any atom is -0.114 e. The molecule has 218 valence electrons. The van der Waals surface area contributed by atoms with Crippen LogP contribution in [0.1, 0.15) is 0 Å². The monoisotopic (exact) mass is 680 g/mol. The first kappa shape index (κ1) is 30.9. The van der Waals surface area contributed by atoms with Crippen molar-refractivity contribution >= 4 is 73.9 Å². The molecule has 0 saturated heterocycles. The van der Waals surface area contributed by atoms with E-state index >= 15 is 0 Å². The normalized spacial score (nSPS) is 11.4. The standard InChI is InChI=1S/C42H34P2.BrH/c1-7-19-35(20-8-1)43(36-21-9-2-10-22-36,37-23-11-3-12-24-37)41-31-33-42(34-32-41)44(38-25-13-4-14-26-38,39-27-15-5-16-28-39)40-29-17-6-18-30-40;/h1-34H;1H/q+2;. The second-order valence-electron chi connectivity index (χ2n) is 10.9. The number of rotatable bonds is 8. The summed E-state index contributed by atoms with van der Waals surface area (Å²) in [6.45, 7) is 0. The van der Waals surface area contributed by atoms with E-state index in [9.17, 15) is 0 Å². The summed E-state index contributed by atoms with van der Waals surface area (Å²) in [5.41, 5.74) is 0. The zero-order chi connectivity index (χ0) is 29.7. The summed E-state index contributed by atoms with van der Waals surface area (Å²) >= 11 is 0. The summed E-state index contributed by atoms with van der Waals surface area (Å²) in [6, 6.07) is 76.4. The third-order valence-electron chi connectivity index (χ3n) is 8.49. The predicted molar refractivity (Wildman–Crippen MR) is 206 cm³/mol. The molecule has 0 N–H and O–H groups in total. The van der Waals surface area contributed by atoms with Gasteiger partial charge in [0.05, 0.1) is 0 Å². The molecule has 0 fully saturated rings. The van der Waals surface area contributed by atoms with E-state index in [0.29, 0.717) is 0 Å². The quantitative estimate of drug-likeness (QED) is 0.146. The van der Waals surface area contributed by atoms with Crippen LogP contribution >= 0.6 is 31.5 Å². The van der Waals surface area contributed by atoms with Crippen LogP contribution in [-0.2, 0) is 0 Å². The lowest BCUT2D eigenvalue weighted by molar-refractivity contribution is 1.70. The molecule has 0 saturated carbocycles. The van der Waals surface area contributed by atoms with Gasteiger partial charge in [0.25, 0.3) is 0 Å². The molecule has 0 spiro atoms. The molecule has 0 aliphatic heterocycles. The minimum atomic E-state index is -2.18. The van der Waals surface area contributed by atoms with Gasteiger partial charge >= 0.3 is 0 Å². The van der Waals surface area contributed by atoms with Crippen molar-refractivity contribution in [1.82, 2.24) is 0 Å². The van der Waals surface area contributed by atoms with E-state index in [1.807, 2.05) is 0 Å². The van der Waals surface area contributed by atoms with Crippen LogP contribution in [-0.4, -0.2) is 0 Å². The highest BCUT2D eigenvalue weighted by atomic mass is 79.9. The molecule has 0 unspecified atom stereocenters. The zero-order valence-electron chi connectivity index (χ0n) is 24.9. The highest BCUT2D eigenvalue weighted by Crippen LogP contribution is 2.56. The fourth-order valence-corrected chi connectivity index (χ4v) is 15.1. The fourth-order valence-electron chi connectivity index (χ4n) is 6.60. The Morgan fingerprint density at radius 2 is 0.311 bits per heavy atom. The Labute approximate surface area is 278 Å². The van der Waals surface area contributed by atoms with Crippen molar-refractivity contribution in [3.05, 3.63) is 206 Å². The van der Waals surface area contributed by atoms with Crippen molar-refractivity contribution in [2.45, 2.75) is 0 Å². The Hall–Kier alpha value is -4.12. The predicted octanol–water partition coefficient (Wildman–Crippen LogP) is 7.50. The average molecular weight is 682 g/mol. The van der Waals surface area contributed by atoms with Crippen LogP contribution in [0.2, 0.25) is 0 Å². The molecule has 0 radical (unpaired) electrons. The van der Waals surface area contributed by atoms with Crippen LogP contribution < -0.4 is 42.4 Å². The SMILES string of the molecule is Br.c1ccc([P+](c2ccccc2)(c2ccccc2)c2ccc([P+](c3ccccc3)(c3ccccc3)c3ccccc3)cc2)cc1. The molecule has 0 heterocycles. The van der Waals surface area contributed by atoms with Gasteiger partial charge < -0.3 is 0 Å². The maximum Gasteiger partial charge on any atom is 0.144 e. The lowest BCUT2D eigenvalue weighted by Crippen LogP contribution is -2.41. The summed E-state index contributed by atoms with van der Waals surface area (Å²) in [7, 11) is -4.36. The van der Waals surface area contributed by atoms with Crippen LogP contribution in [0.15, 0.2) is 206 Å². The molecule has 7 rings (SSSR count). The number of hydrogen-bond acceptors (Lipinski definition) is 0. The molecule has 0 nitrogen and oxygen atoms in total. The fraction of sp³-hybridized carbons (Fsp3) is 0. The van der Waals surface area contributed by atoms with Gasteiger partial charge in [-0.05, 0) is 97.1 Å². The highest BCUT2D eigenvalue weighted by molar-refractivity contribution is 8.93. The van der Waals surface area contributed by atoms with Crippen molar-refractivity contribution in [3.63, 3.8) is 0 Å². The summed E-state index contributed by atoms with van der Waals surface area (Å²) < 4.78 is 0. The first-order chi connectivity index (χ1) is 21.8. The molecule has 0 bridgehead atoms. The molecule has 0 atom stereocenters. The van der Waals surface area contributed by atoms with Gasteiger partial charge in [0, 0.05) is 0 Å². The summed E-state index contributed by atoms with van der Waals surface area (Å²) in [5, 5.41) is 10.9. The Kier molecular flexibility index (Phi) is 9.53. The second kappa shape index (κ2) is 13.9. The molecule has 0 aliphatic carbocycles. The van der Waals surface area contributed by atoms with Gasteiger partial charge in [0.1, 0.15) is 57.0 Å². The Morgan fingerprint density at radius 3 is 0.467 bits per heavy atom. The maximum atomic E-state index is 2.43. The van der Waals surface area contributed by atoms with Crippen LogP contribution in [0.25, 0.3) is 0 Å². The van der Waals surface area contributed by atoms with Gasteiger partial charge in [0.15, 0.2) is 0 Å². The molecular formula is C42H35BrP2+2. The number of hydrogen-bond donors (Lipinski definition) is 0. The van der Waals surface area contributed by atoms with Gasteiger partial charge in [-0.25, -0.2) is 0 Å². The van der Waals surface area contributed by atoms with Gasteiger partial charge in [-0.15, -0.1) is 17.0 Å². The van der Waals surface area contributed by atoms with Crippen LogP contribution in [0.4, 0.5) is 0 Å². The number of benzene rings is 7. The lowest BCUT2D eigenvalue weighted by Gasteiger charge is -2.29. The van der Waals surface area contributed by atoms with Crippen LogP contribution in [0.3, 0.4) is 0 Å². The van der Waals surface area contributed by atoms with E-state index in [1.54, 1.807) is 0 Å². The Morgan fingerprint density at radius 1 is 0.178 bits per heavy atom. The lowest BCUT2D eigenvalue weighted by atomic mass is 10.3. The van der Waals surface area contributed by atoms with E-state index in [0.717, 1.165) is 0 Å². The minimum absolute atomic E-state index is 0. The molecule has 0 aromatic heterocycles. The smallest absolute Gasteiger partial charge is 0.114 e. The third-order valence-corrected chi connectivity index (χ3v) is 17.1. The van der Waals surface area contributed by atoms with Gasteiger partial charge in [-0.3, -0.25) is 0 Å². The molecule has 0 amide bonds. The summed E-state index contributed by atoms with van der Waals surface area (Å²) in [5.74, 6) is 0.